The standard InChI is InChI=1S/C42H67F5O3S/c1-24(2)40-23-39(9,10)38-33-17-30(8)35(48)19-31(33)18-32(37(38)34(40)11-12-36(40)49)16-27(5)14-25(3)13-26(4)15-28(6)21-51(50)22-29(7)20-41(43,44)42(45,46)47/h17,19,24-29,32,34,36-38,48-49H,11-16,18,20-23H2,1-10H3/t25?,26?,27?,28?,29?,32-,34+,36+,37+,38-,40-,51?/m1/s1/i19D. The molecule has 0 heterocycles. The molecule has 2 fully saturated rings. The zero-order chi connectivity index (χ0) is 39.3. The molecule has 0 spiro atoms. The third kappa shape index (κ3) is 9.26. The Bertz CT molecular complexity index is 1370. The van der Waals surface area contributed by atoms with Crippen LogP contribution in [0.4, 0.5) is 22.0 Å². The largest absolute Gasteiger partial charge is 0.616 e. The average molecular weight is 748 g/mol. The van der Waals surface area contributed by atoms with Crippen LogP contribution in [0, 0.1) is 71.0 Å². The van der Waals surface area contributed by atoms with Crippen LogP contribution in [0.2, 0.25) is 0 Å². The molecule has 12 atom stereocenters. The fraction of sp³-hybridized carbons (Fsp3) is 0.857. The fourth-order valence-corrected chi connectivity index (χ4v) is 13.5. The Morgan fingerprint density at radius 3 is 2.08 bits per heavy atom. The number of alkyl halides is 5. The third-order valence-electron chi connectivity index (χ3n) is 13.4. The first kappa shape index (κ1) is 41.1. The topological polar surface area (TPSA) is 63.5 Å². The summed E-state index contributed by atoms with van der Waals surface area (Å²) in [5.41, 5.74) is 2.79. The molecule has 9 heteroatoms. The lowest BCUT2D eigenvalue weighted by Gasteiger charge is -2.62. The summed E-state index contributed by atoms with van der Waals surface area (Å²) in [5, 5.41) is 22.5. The van der Waals surface area contributed by atoms with E-state index in [2.05, 4.69) is 54.5 Å². The van der Waals surface area contributed by atoms with Crippen molar-refractivity contribution in [3.8, 4) is 5.75 Å². The van der Waals surface area contributed by atoms with Gasteiger partial charge in [-0.05, 0) is 134 Å². The molecule has 3 aliphatic carbocycles. The van der Waals surface area contributed by atoms with Crippen LogP contribution in [0.1, 0.15) is 138 Å². The quantitative estimate of drug-likeness (QED) is 0.139. The van der Waals surface area contributed by atoms with E-state index < -0.39 is 35.6 Å². The van der Waals surface area contributed by atoms with Crippen LogP contribution in [-0.2, 0) is 17.6 Å². The predicted octanol–water partition coefficient (Wildman–Crippen LogP) is 11.5. The SMILES string of the molecule is [2H]c1c(O)c(C)cc2c1C[C@@H](CC(C)CC(C)CC(C)CC(C)C[S+]([O-])CC(C)CC(F)(F)C(F)(F)F)[C@@H]1[C@@H]2C(C)(C)C[C@]2(C(C)C)[C@@H](O)CC[C@@H]12. The number of rotatable bonds is 15. The average Bonchev–Trinajstić information content (AvgIpc) is 3.30. The maximum atomic E-state index is 13.5. The van der Waals surface area contributed by atoms with E-state index in [1.165, 1.54) is 12.5 Å². The van der Waals surface area contributed by atoms with Crippen LogP contribution in [0.3, 0.4) is 0 Å². The van der Waals surface area contributed by atoms with Gasteiger partial charge in [-0.1, -0.05) is 79.6 Å². The van der Waals surface area contributed by atoms with Gasteiger partial charge in [-0.15, -0.1) is 0 Å². The van der Waals surface area contributed by atoms with Gasteiger partial charge in [0.05, 0.1) is 7.47 Å². The van der Waals surface area contributed by atoms with Gasteiger partial charge in [0.25, 0.3) is 0 Å². The molecule has 2 N–H and O–H groups in total. The van der Waals surface area contributed by atoms with Crippen molar-refractivity contribution in [3.05, 3.63) is 28.8 Å². The van der Waals surface area contributed by atoms with Gasteiger partial charge < -0.3 is 14.8 Å². The smallest absolute Gasteiger partial charge is 0.453 e. The van der Waals surface area contributed by atoms with E-state index in [4.69, 9.17) is 1.37 Å². The van der Waals surface area contributed by atoms with E-state index in [1.807, 2.05) is 13.8 Å². The first-order chi connectivity index (χ1) is 23.8. The van der Waals surface area contributed by atoms with Crippen molar-refractivity contribution in [2.75, 3.05) is 11.5 Å². The monoisotopic (exact) mass is 747 g/mol. The molecule has 0 saturated heterocycles. The van der Waals surface area contributed by atoms with Gasteiger partial charge in [0.2, 0.25) is 0 Å². The van der Waals surface area contributed by atoms with E-state index in [-0.39, 0.29) is 46.3 Å². The van der Waals surface area contributed by atoms with Crippen LogP contribution < -0.4 is 0 Å². The van der Waals surface area contributed by atoms with Crippen LogP contribution in [0.25, 0.3) is 0 Å². The van der Waals surface area contributed by atoms with Gasteiger partial charge in [-0.25, -0.2) is 0 Å². The Labute approximate surface area is 309 Å². The Morgan fingerprint density at radius 2 is 1.49 bits per heavy atom. The molecule has 3 aliphatic rings. The zero-order valence-electron chi connectivity index (χ0n) is 33.8. The summed E-state index contributed by atoms with van der Waals surface area (Å²) in [6.45, 7) is 21.3. The molecule has 0 radical (unpaired) electrons. The summed E-state index contributed by atoms with van der Waals surface area (Å²) >= 11 is -1.47. The molecule has 2 saturated carbocycles. The molecular weight excluding hydrogens is 680 g/mol. The summed E-state index contributed by atoms with van der Waals surface area (Å²) in [5.74, 6) is -2.56. The molecule has 3 nitrogen and oxygen atoms in total. The molecule has 0 aliphatic heterocycles. The zero-order valence-corrected chi connectivity index (χ0v) is 33.6. The van der Waals surface area contributed by atoms with Crippen LogP contribution in [0.5, 0.6) is 5.75 Å². The number of hydrogen-bond acceptors (Lipinski definition) is 3. The minimum atomic E-state index is -5.59. The first-order valence-corrected chi connectivity index (χ1v) is 21.1. The highest BCUT2D eigenvalue weighted by molar-refractivity contribution is 7.91. The number of aliphatic hydroxyl groups is 1. The summed E-state index contributed by atoms with van der Waals surface area (Å²) in [6.07, 6.45) is 0.192. The molecule has 294 valence electrons. The molecule has 0 aromatic heterocycles. The predicted molar refractivity (Wildman–Crippen MR) is 198 cm³/mol. The van der Waals surface area contributed by atoms with Gasteiger partial charge in [-0.2, -0.15) is 22.0 Å². The molecule has 0 bridgehead atoms. The second-order valence-corrected chi connectivity index (χ2v) is 20.6. The second-order valence-electron chi connectivity index (χ2n) is 19.0. The number of fused-ring (bicyclic) bond motifs is 5. The van der Waals surface area contributed by atoms with E-state index in [0.29, 0.717) is 47.2 Å². The van der Waals surface area contributed by atoms with Crippen molar-refractivity contribution in [1.29, 1.82) is 0 Å². The summed E-state index contributed by atoms with van der Waals surface area (Å²) in [6, 6.07) is 2.43. The van der Waals surface area contributed by atoms with Crippen molar-refractivity contribution in [3.63, 3.8) is 0 Å². The summed E-state index contributed by atoms with van der Waals surface area (Å²) in [7, 11) is 0. The third-order valence-corrected chi connectivity index (χ3v) is 15.3. The number of phenols is 1. The lowest BCUT2D eigenvalue weighted by Crippen LogP contribution is -2.57. The Kier molecular flexibility index (Phi) is 12.9. The van der Waals surface area contributed by atoms with Crippen LogP contribution in [-0.4, -0.2) is 44.5 Å². The van der Waals surface area contributed by atoms with Crippen LogP contribution >= 0.6 is 0 Å². The van der Waals surface area contributed by atoms with Crippen molar-refractivity contribution < 1.29 is 38.1 Å². The number of halogens is 5. The molecule has 51 heavy (non-hydrogen) atoms. The normalized spacial score (nSPS) is 31.6. The Balaban J connectivity index is 1.42. The Hall–Kier alpha value is -1.06. The molecule has 1 aromatic carbocycles. The van der Waals surface area contributed by atoms with Gasteiger partial charge in [0.15, 0.2) is 0 Å². The fourth-order valence-electron chi connectivity index (χ4n) is 11.9. The van der Waals surface area contributed by atoms with Crippen molar-refractivity contribution in [1.82, 2.24) is 0 Å². The van der Waals surface area contributed by atoms with E-state index in [9.17, 15) is 36.7 Å². The van der Waals surface area contributed by atoms with E-state index >= 15 is 0 Å². The number of hydrogen-bond donors (Lipinski definition) is 2. The number of benzene rings is 1. The van der Waals surface area contributed by atoms with Gasteiger partial charge in [0.1, 0.15) is 17.3 Å². The van der Waals surface area contributed by atoms with Crippen molar-refractivity contribution >= 4 is 11.2 Å². The molecule has 4 rings (SSSR count). The number of aromatic hydroxyl groups is 1. The minimum absolute atomic E-state index is 0.0618. The van der Waals surface area contributed by atoms with Crippen molar-refractivity contribution in [2.24, 2.45) is 64.1 Å². The van der Waals surface area contributed by atoms with E-state index in [0.717, 1.165) is 62.5 Å². The molecule has 6 unspecified atom stereocenters. The number of phenolic OH excluding ortho intramolecular Hbond substituents is 1. The maximum Gasteiger partial charge on any atom is 0.453 e. The summed E-state index contributed by atoms with van der Waals surface area (Å²) < 4.78 is 86.5. The molecular formula is C42H67F5O3S. The highest BCUT2D eigenvalue weighted by Crippen LogP contribution is 2.70. The lowest BCUT2D eigenvalue weighted by atomic mass is 9.42. The maximum absolute atomic E-state index is 13.5. The van der Waals surface area contributed by atoms with Crippen LogP contribution in [0.15, 0.2) is 12.1 Å². The molecule has 1 aromatic rings. The second kappa shape index (κ2) is 16.0. The highest BCUT2D eigenvalue weighted by atomic mass is 32.2. The summed E-state index contributed by atoms with van der Waals surface area (Å²) in [4.78, 5) is 0. The Morgan fingerprint density at radius 1 is 0.922 bits per heavy atom. The van der Waals surface area contributed by atoms with Gasteiger partial charge in [-0.3, -0.25) is 0 Å². The van der Waals surface area contributed by atoms with E-state index in [1.54, 1.807) is 0 Å². The van der Waals surface area contributed by atoms with Crippen molar-refractivity contribution in [2.45, 2.75) is 151 Å². The molecule has 0 amide bonds. The minimum Gasteiger partial charge on any atom is -0.616 e. The lowest BCUT2D eigenvalue weighted by molar-refractivity contribution is -0.287. The van der Waals surface area contributed by atoms with Gasteiger partial charge >= 0.3 is 12.1 Å². The van der Waals surface area contributed by atoms with Gasteiger partial charge in [0, 0.05) is 23.7 Å². The number of aryl methyl sites for hydroxylation is 1. The first-order valence-electron chi connectivity index (χ1n) is 20.1. The number of aliphatic hydroxyl groups excluding tert-OH is 1. The highest BCUT2D eigenvalue weighted by Gasteiger charge is 2.64.